The zero-order valence-corrected chi connectivity index (χ0v) is 13.7. The van der Waals surface area contributed by atoms with Crippen LogP contribution in [-0.4, -0.2) is 15.0 Å². The summed E-state index contributed by atoms with van der Waals surface area (Å²) in [4.78, 5) is 13.9. The van der Waals surface area contributed by atoms with Crippen LogP contribution < -0.4 is 0 Å². The quantitative estimate of drug-likeness (QED) is 0.524. The fourth-order valence-electron chi connectivity index (χ4n) is 2.73. The van der Waals surface area contributed by atoms with Crippen LogP contribution in [-0.2, 0) is 0 Å². The fourth-order valence-corrected chi connectivity index (χ4v) is 2.73. The average molecular weight is 311 g/mol. The van der Waals surface area contributed by atoms with Crippen LogP contribution in [0.3, 0.4) is 0 Å². The van der Waals surface area contributed by atoms with E-state index in [1.165, 1.54) is 11.1 Å². The summed E-state index contributed by atoms with van der Waals surface area (Å²) in [7, 11) is 0. The molecule has 0 radical (unpaired) electrons. The molecule has 0 saturated carbocycles. The van der Waals surface area contributed by atoms with E-state index in [0.717, 1.165) is 33.5 Å². The van der Waals surface area contributed by atoms with Gasteiger partial charge < -0.3 is 0 Å². The van der Waals surface area contributed by atoms with Crippen LogP contribution in [0, 0.1) is 13.8 Å². The molecule has 2 aromatic heterocycles. The van der Waals surface area contributed by atoms with Crippen molar-refractivity contribution in [2.24, 2.45) is 0 Å². The molecule has 0 unspecified atom stereocenters. The Kier molecular flexibility index (Phi) is 3.54. The Labute approximate surface area is 141 Å². The first kappa shape index (κ1) is 14.5. The van der Waals surface area contributed by atoms with E-state index in [-0.39, 0.29) is 0 Å². The second kappa shape index (κ2) is 5.85. The summed E-state index contributed by atoms with van der Waals surface area (Å²) < 4.78 is 0. The molecule has 0 spiro atoms. The molecule has 3 heteroatoms. The molecule has 0 atom stereocenters. The number of nitrogens with zero attached hydrogens (tertiary/aromatic N) is 3. The van der Waals surface area contributed by atoms with E-state index in [9.17, 15) is 0 Å². The lowest BCUT2D eigenvalue weighted by atomic mass is 10.0. The molecule has 0 fully saturated rings. The van der Waals surface area contributed by atoms with Crippen molar-refractivity contribution in [2.75, 3.05) is 0 Å². The first-order chi connectivity index (χ1) is 11.7. The van der Waals surface area contributed by atoms with Gasteiger partial charge in [-0.1, -0.05) is 59.7 Å². The third kappa shape index (κ3) is 2.65. The highest BCUT2D eigenvalue weighted by Crippen LogP contribution is 2.31. The number of fused-ring (bicyclic) bond motifs is 1. The van der Waals surface area contributed by atoms with Crippen LogP contribution >= 0.6 is 0 Å². The number of hydrogen-bond acceptors (Lipinski definition) is 3. The molecule has 116 valence electrons. The number of hydrogen-bond donors (Lipinski definition) is 0. The Balaban J connectivity index is 2.00. The van der Waals surface area contributed by atoms with E-state index in [1.807, 2.05) is 6.07 Å². The van der Waals surface area contributed by atoms with Crippen molar-refractivity contribution in [3.8, 4) is 22.5 Å². The number of benzene rings is 2. The van der Waals surface area contributed by atoms with Crippen molar-refractivity contribution in [1.82, 2.24) is 15.0 Å². The second-order valence-corrected chi connectivity index (χ2v) is 6.02. The molecule has 0 aliphatic carbocycles. The number of aromatic nitrogens is 3. The molecular weight excluding hydrogens is 294 g/mol. The van der Waals surface area contributed by atoms with E-state index >= 15 is 0 Å². The Morgan fingerprint density at radius 2 is 1.08 bits per heavy atom. The lowest BCUT2D eigenvalue weighted by molar-refractivity contribution is 1.25. The number of rotatable bonds is 2. The second-order valence-electron chi connectivity index (χ2n) is 6.02. The lowest BCUT2D eigenvalue weighted by Gasteiger charge is -2.11. The largest absolute Gasteiger partial charge is 0.262 e. The minimum atomic E-state index is 0.809. The number of pyridine rings is 1. The highest BCUT2D eigenvalue weighted by atomic mass is 14.8. The zero-order chi connectivity index (χ0) is 16.5. The van der Waals surface area contributed by atoms with Gasteiger partial charge in [-0.05, 0) is 19.9 Å². The maximum Gasteiger partial charge on any atom is 0.108 e. The van der Waals surface area contributed by atoms with Crippen LogP contribution in [0.5, 0.6) is 0 Å². The number of aryl methyl sites for hydroxylation is 2. The first-order valence-electron chi connectivity index (χ1n) is 7.96. The normalized spacial score (nSPS) is 10.9. The molecule has 4 aromatic rings. The van der Waals surface area contributed by atoms with Crippen LogP contribution in [0.15, 0.2) is 67.0 Å². The van der Waals surface area contributed by atoms with Crippen molar-refractivity contribution in [1.29, 1.82) is 0 Å². The van der Waals surface area contributed by atoms with Gasteiger partial charge in [-0.2, -0.15) is 0 Å². The van der Waals surface area contributed by atoms with Crippen LogP contribution in [0.25, 0.3) is 33.5 Å². The monoisotopic (exact) mass is 311 g/mol. The van der Waals surface area contributed by atoms with Gasteiger partial charge in [-0.3, -0.25) is 4.98 Å². The van der Waals surface area contributed by atoms with Crippen LogP contribution in [0.1, 0.15) is 11.1 Å². The third-order valence-corrected chi connectivity index (χ3v) is 4.12. The third-order valence-electron chi connectivity index (χ3n) is 4.12. The molecule has 4 rings (SSSR count). The molecule has 0 bridgehead atoms. The van der Waals surface area contributed by atoms with Gasteiger partial charge >= 0.3 is 0 Å². The summed E-state index contributed by atoms with van der Waals surface area (Å²) in [6.07, 6.45) is 3.51. The minimum Gasteiger partial charge on any atom is -0.262 e. The summed E-state index contributed by atoms with van der Waals surface area (Å²) in [5.74, 6) is 0. The summed E-state index contributed by atoms with van der Waals surface area (Å²) in [6.45, 7) is 4.17. The summed E-state index contributed by atoms with van der Waals surface area (Å²) in [5, 5.41) is 0. The summed E-state index contributed by atoms with van der Waals surface area (Å²) in [5.41, 5.74) is 8.05. The SMILES string of the molecule is Cc1ccc(-c2nc3ccncc3nc2-c2ccc(C)cc2)cc1. The van der Waals surface area contributed by atoms with Crippen molar-refractivity contribution in [3.05, 3.63) is 78.1 Å². The maximum absolute atomic E-state index is 4.87. The molecule has 2 heterocycles. The molecule has 0 N–H and O–H groups in total. The summed E-state index contributed by atoms with van der Waals surface area (Å²) >= 11 is 0. The van der Waals surface area contributed by atoms with E-state index in [2.05, 4.69) is 67.4 Å². The average Bonchev–Trinajstić information content (AvgIpc) is 2.62. The molecule has 0 aliphatic rings. The van der Waals surface area contributed by atoms with Crippen molar-refractivity contribution in [3.63, 3.8) is 0 Å². The molecule has 0 saturated heterocycles. The zero-order valence-electron chi connectivity index (χ0n) is 13.7. The van der Waals surface area contributed by atoms with E-state index in [4.69, 9.17) is 9.97 Å². The van der Waals surface area contributed by atoms with Gasteiger partial charge in [0.25, 0.3) is 0 Å². The highest BCUT2D eigenvalue weighted by molar-refractivity contribution is 5.85. The molecule has 0 aliphatic heterocycles. The standard InChI is InChI=1S/C21H17N3/c1-14-3-7-16(8-4-14)20-21(17-9-5-15(2)6-10-17)24-19-13-22-12-11-18(19)23-20/h3-13H,1-2H3. The van der Waals surface area contributed by atoms with Gasteiger partial charge in [-0.25, -0.2) is 9.97 Å². The van der Waals surface area contributed by atoms with Crippen LogP contribution in [0.2, 0.25) is 0 Å². The van der Waals surface area contributed by atoms with Gasteiger partial charge in [-0.15, -0.1) is 0 Å². The van der Waals surface area contributed by atoms with Crippen molar-refractivity contribution < 1.29 is 0 Å². The van der Waals surface area contributed by atoms with Gasteiger partial charge in [0, 0.05) is 17.3 Å². The van der Waals surface area contributed by atoms with Gasteiger partial charge in [0.2, 0.25) is 0 Å². The molecule has 2 aromatic carbocycles. The Bertz CT molecular complexity index is 919. The smallest absolute Gasteiger partial charge is 0.108 e. The fraction of sp³-hybridized carbons (Fsp3) is 0.0952. The van der Waals surface area contributed by atoms with Crippen molar-refractivity contribution in [2.45, 2.75) is 13.8 Å². The van der Waals surface area contributed by atoms with Gasteiger partial charge in [0.15, 0.2) is 0 Å². The lowest BCUT2D eigenvalue weighted by Crippen LogP contribution is -1.96. The maximum atomic E-state index is 4.87. The Morgan fingerprint density at radius 1 is 0.583 bits per heavy atom. The van der Waals surface area contributed by atoms with Gasteiger partial charge in [0.1, 0.15) is 5.52 Å². The van der Waals surface area contributed by atoms with E-state index in [0.29, 0.717) is 0 Å². The Morgan fingerprint density at radius 3 is 1.62 bits per heavy atom. The minimum absolute atomic E-state index is 0.809. The van der Waals surface area contributed by atoms with Crippen LogP contribution in [0.4, 0.5) is 0 Å². The first-order valence-corrected chi connectivity index (χ1v) is 7.96. The van der Waals surface area contributed by atoms with Gasteiger partial charge in [0.05, 0.1) is 23.1 Å². The molecule has 0 amide bonds. The van der Waals surface area contributed by atoms with E-state index < -0.39 is 0 Å². The topological polar surface area (TPSA) is 38.7 Å². The van der Waals surface area contributed by atoms with Crippen molar-refractivity contribution >= 4 is 11.0 Å². The predicted octanol–water partition coefficient (Wildman–Crippen LogP) is 4.98. The Hall–Kier alpha value is -3.07. The molecular formula is C21H17N3. The molecule has 3 nitrogen and oxygen atoms in total. The summed E-state index contributed by atoms with van der Waals surface area (Å²) in [6, 6.07) is 18.7. The van der Waals surface area contributed by atoms with E-state index in [1.54, 1.807) is 12.4 Å². The predicted molar refractivity (Wildman–Crippen MR) is 97.7 cm³/mol. The molecule has 24 heavy (non-hydrogen) atoms. The highest BCUT2D eigenvalue weighted by Gasteiger charge is 2.13.